The Morgan fingerprint density at radius 3 is 2.67 bits per heavy atom. The largest absolute Gasteiger partial charge is 0.417 e. The molecule has 0 radical (unpaired) electrons. The minimum absolute atomic E-state index is 0.0689. The van der Waals surface area contributed by atoms with E-state index < -0.39 is 25.5 Å². The first-order chi connectivity index (χ1) is 6.88. The summed E-state index contributed by atoms with van der Waals surface area (Å²) in [5, 5.41) is 0. The predicted octanol–water partition coefficient (Wildman–Crippen LogP) is 1.19. The average Bonchev–Trinajstić information content (AvgIpc) is 2.40. The third kappa shape index (κ3) is 1.75. The topological polar surface area (TPSA) is 80.1 Å². The molecule has 5 nitrogen and oxygen atoms in total. The highest BCUT2D eigenvalue weighted by atomic mass is 35.7. The molecule has 0 fully saturated rings. The van der Waals surface area contributed by atoms with Crippen LogP contribution >= 0.6 is 10.7 Å². The van der Waals surface area contributed by atoms with E-state index in [0.717, 1.165) is 12.1 Å². The second kappa shape index (κ2) is 3.07. The number of aromatic amines is 1. The van der Waals surface area contributed by atoms with Gasteiger partial charge in [-0.2, -0.15) is 0 Å². The Hall–Kier alpha value is -1.34. The maximum absolute atomic E-state index is 13.2. The molecule has 0 unspecified atom stereocenters. The van der Waals surface area contributed by atoms with Crippen molar-refractivity contribution in [1.82, 2.24) is 4.98 Å². The number of rotatable bonds is 1. The molecule has 2 aromatic rings. The molecule has 2 rings (SSSR count). The Bertz CT molecular complexity index is 687. The summed E-state index contributed by atoms with van der Waals surface area (Å²) in [6.07, 6.45) is 0. The summed E-state index contributed by atoms with van der Waals surface area (Å²) >= 11 is 0. The van der Waals surface area contributed by atoms with Crippen LogP contribution in [0.3, 0.4) is 0 Å². The van der Waals surface area contributed by atoms with E-state index in [1.807, 2.05) is 0 Å². The minimum atomic E-state index is -4.19. The van der Waals surface area contributed by atoms with Gasteiger partial charge in [0.05, 0.1) is 5.52 Å². The van der Waals surface area contributed by atoms with Crippen LogP contribution in [0.5, 0.6) is 0 Å². The first-order valence-corrected chi connectivity index (χ1v) is 5.96. The lowest BCUT2D eigenvalue weighted by molar-refractivity contribution is 0.549. The molecular formula is C7H3ClFNO4S. The van der Waals surface area contributed by atoms with Gasteiger partial charge in [-0.15, -0.1) is 0 Å². The normalized spacial score (nSPS) is 12.1. The van der Waals surface area contributed by atoms with Crippen molar-refractivity contribution in [2.75, 3.05) is 0 Å². The van der Waals surface area contributed by atoms with Crippen molar-refractivity contribution >= 4 is 30.8 Å². The van der Waals surface area contributed by atoms with Crippen LogP contribution in [0.15, 0.2) is 26.2 Å². The van der Waals surface area contributed by atoms with E-state index in [9.17, 15) is 17.6 Å². The predicted molar refractivity (Wildman–Crippen MR) is 49.8 cm³/mol. The average molecular weight is 252 g/mol. The van der Waals surface area contributed by atoms with E-state index in [4.69, 9.17) is 10.7 Å². The minimum Gasteiger partial charge on any atom is -0.408 e. The number of hydrogen-bond donors (Lipinski definition) is 1. The maximum atomic E-state index is 13.2. The van der Waals surface area contributed by atoms with Gasteiger partial charge in [-0.05, 0) is 0 Å². The van der Waals surface area contributed by atoms with E-state index >= 15 is 0 Å². The molecule has 0 saturated heterocycles. The smallest absolute Gasteiger partial charge is 0.408 e. The standard InChI is InChI=1S/C7H3ClFNO4S/c8-15(12,13)6-2-5-4(1-3(6)9)10-7(11)14-5/h1-2H,(H,10,11). The molecule has 15 heavy (non-hydrogen) atoms. The van der Waals surface area contributed by atoms with Gasteiger partial charge in [-0.3, -0.25) is 4.98 Å². The van der Waals surface area contributed by atoms with Crippen molar-refractivity contribution in [1.29, 1.82) is 0 Å². The third-order valence-electron chi connectivity index (χ3n) is 1.74. The van der Waals surface area contributed by atoms with Gasteiger partial charge >= 0.3 is 5.76 Å². The van der Waals surface area contributed by atoms with Crippen LogP contribution in [0.4, 0.5) is 4.39 Å². The van der Waals surface area contributed by atoms with E-state index in [-0.39, 0.29) is 11.1 Å². The molecule has 1 aromatic carbocycles. The Morgan fingerprint density at radius 1 is 1.40 bits per heavy atom. The van der Waals surface area contributed by atoms with Crippen molar-refractivity contribution in [3.05, 3.63) is 28.5 Å². The molecule has 1 N–H and O–H groups in total. The molecule has 0 spiro atoms. The van der Waals surface area contributed by atoms with Crippen molar-refractivity contribution in [3.8, 4) is 0 Å². The summed E-state index contributed by atoms with van der Waals surface area (Å²) in [6, 6.07) is 1.68. The number of nitrogens with one attached hydrogen (secondary N) is 1. The number of benzene rings is 1. The summed E-state index contributed by atoms with van der Waals surface area (Å²) in [5.41, 5.74) is 0.00203. The lowest BCUT2D eigenvalue weighted by atomic mass is 10.3. The zero-order valence-corrected chi connectivity index (χ0v) is 8.52. The summed E-state index contributed by atoms with van der Waals surface area (Å²) < 4.78 is 39.6. The first kappa shape index (κ1) is 10.2. The Kier molecular flexibility index (Phi) is 2.09. The monoisotopic (exact) mass is 251 g/mol. The molecule has 0 amide bonds. The number of oxazole rings is 1. The van der Waals surface area contributed by atoms with E-state index in [1.165, 1.54) is 0 Å². The van der Waals surface area contributed by atoms with Crippen LogP contribution in [0.25, 0.3) is 11.1 Å². The van der Waals surface area contributed by atoms with Crippen LogP contribution in [0.2, 0.25) is 0 Å². The molecule has 1 aromatic heterocycles. The molecule has 1 heterocycles. The summed E-state index contributed by atoms with van der Waals surface area (Å²) in [6.45, 7) is 0. The van der Waals surface area contributed by atoms with Gasteiger partial charge < -0.3 is 4.42 Å². The highest BCUT2D eigenvalue weighted by Gasteiger charge is 2.18. The number of fused-ring (bicyclic) bond motifs is 1. The van der Waals surface area contributed by atoms with Gasteiger partial charge in [0, 0.05) is 22.8 Å². The SMILES string of the molecule is O=c1[nH]c2cc(F)c(S(=O)(=O)Cl)cc2o1. The van der Waals surface area contributed by atoms with Crippen molar-refractivity contribution < 1.29 is 17.2 Å². The summed E-state index contributed by atoms with van der Waals surface area (Å²) in [5.74, 6) is -1.84. The number of halogens is 2. The molecule has 0 aliphatic rings. The van der Waals surface area contributed by atoms with Gasteiger partial charge in [0.2, 0.25) is 0 Å². The number of aromatic nitrogens is 1. The van der Waals surface area contributed by atoms with Crippen LogP contribution in [-0.4, -0.2) is 13.4 Å². The van der Waals surface area contributed by atoms with Crippen molar-refractivity contribution in [2.45, 2.75) is 4.90 Å². The molecule has 8 heteroatoms. The molecule has 80 valence electrons. The second-order valence-electron chi connectivity index (χ2n) is 2.73. The summed E-state index contributed by atoms with van der Waals surface area (Å²) in [7, 11) is 0.779. The van der Waals surface area contributed by atoms with Crippen LogP contribution in [0.1, 0.15) is 0 Å². The maximum Gasteiger partial charge on any atom is 0.417 e. The zero-order chi connectivity index (χ0) is 11.2. The molecule has 0 saturated carbocycles. The fourth-order valence-corrected chi connectivity index (χ4v) is 2.03. The van der Waals surface area contributed by atoms with Crippen molar-refractivity contribution in [2.24, 2.45) is 0 Å². The number of H-pyrrole nitrogens is 1. The summed E-state index contributed by atoms with van der Waals surface area (Å²) in [4.78, 5) is 12.2. The second-order valence-corrected chi connectivity index (χ2v) is 5.27. The van der Waals surface area contributed by atoms with Gasteiger partial charge in [-0.25, -0.2) is 17.6 Å². The third-order valence-corrected chi connectivity index (χ3v) is 3.07. The van der Waals surface area contributed by atoms with E-state index in [0.29, 0.717) is 0 Å². The van der Waals surface area contributed by atoms with Crippen LogP contribution in [0, 0.1) is 5.82 Å². The highest BCUT2D eigenvalue weighted by molar-refractivity contribution is 8.13. The van der Waals surface area contributed by atoms with Gasteiger partial charge in [0.25, 0.3) is 9.05 Å². The lowest BCUT2D eigenvalue weighted by Crippen LogP contribution is -1.95. The highest BCUT2D eigenvalue weighted by Crippen LogP contribution is 2.23. The van der Waals surface area contributed by atoms with Gasteiger partial charge in [-0.1, -0.05) is 0 Å². The van der Waals surface area contributed by atoms with Gasteiger partial charge in [0.15, 0.2) is 5.58 Å². The zero-order valence-electron chi connectivity index (χ0n) is 6.95. The first-order valence-electron chi connectivity index (χ1n) is 3.65. The quantitative estimate of drug-likeness (QED) is 0.772. The van der Waals surface area contributed by atoms with Crippen molar-refractivity contribution in [3.63, 3.8) is 0 Å². The fourth-order valence-electron chi connectivity index (χ4n) is 1.14. The van der Waals surface area contributed by atoms with Crippen LogP contribution < -0.4 is 5.76 Å². The Morgan fingerprint density at radius 2 is 2.07 bits per heavy atom. The van der Waals surface area contributed by atoms with E-state index in [2.05, 4.69) is 9.40 Å². The fraction of sp³-hybridized carbons (Fsp3) is 0. The van der Waals surface area contributed by atoms with Gasteiger partial charge in [0.1, 0.15) is 10.7 Å². The van der Waals surface area contributed by atoms with E-state index in [1.54, 1.807) is 0 Å². The van der Waals surface area contributed by atoms with Crippen LogP contribution in [-0.2, 0) is 9.05 Å². The Labute approximate surface area is 86.9 Å². The molecule has 0 bridgehead atoms. The molecular weight excluding hydrogens is 249 g/mol. The number of hydrogen-bond acceptors (Lipinski definition) is 4. The molecule has 0 aliphatic heterocycles. The molecule has 0 atom stereocenters. The molecule has 0 aliphatic carbocycles. The lowest BCUT2D eigenvalue weighted by Gasteiger charge is -1.97. The Balaban J connectivity index is 2.89.